The van der Waals surface area contributed by atoms with Crippen LogP contribution in [0.4, 0.5) is 17.1 Å². The summed E-state index contributed by atoms with van der Waals surface area (Å²) >= 11 is 0. The van der Waals surface area contributed by atoms with E-state index in [0.29, 0.717) is 0 Å². The van der Waals surface area contributed by atoms with E-state index in [1.54, 1.807) is 0 Å². The summed E-state index contributed by atoms with van der Waals surface area (Å²) in [7, 11) is 1.48. The van der Waals surface area contributed by atoms with Crippen LogP contribution in [0.25, 0.3) is 0 Å². The molecular weight excluding hydrogens is 190 g/mol. The van der Waals surface area contributed by atoms with E-state index in [-0.39, 0.29) is 17.1 Å². The Morgan fingerprint density at radius 1 is 1.36 bits per heavy atom. The number of non-ortho nitro benzene ring substituents is 1. The largest absolute Gasteiger partial charge is 0.382 e. The molecule has 0 bridgehead atoms. The molecule has 0 spiro atoms. The average molecular weight is 196 g/mol. The van der Waals surface area contributed by atoms with Crippen LogP contribution in [0.15, 0.2) is 12.1 Å². The number of nitrogens with zero attached hydrogens (tertiary/aromatic N) is 2. The van der Waals surface area contributed by atoms with Crippen molar-refractivity contribution in [3.63, 3.8) is 0 Å². The van der Waals surface area contributed by atoms with Gasteiger partial charge in [-0.2, -0.15) is 0 Å². The minimum absolute atomic E-state index is 0.126. The smallest absolute Gasteiger partial charge is 0.299 e. The predicted octanol–water partition coefficient (Wildman–Crippen LogP) is 1.34. The second kappa shape index (κ2) is 3.69. The Morgan fingerprint density at radius 2 is 2.00 bits per heavy atom. The van der Waals surface area contributed by atoms with Crippen molar-refractivity contribution in [3.8, 4) is 0 Å². The molecule has 0 aliphatic heterocycles. The number of nitrogens with one attached hydrogen (secondary N) is 1. The molecule has 7 heteroatoms. The van der Waals surface area contributed by atoms with Gasteiger partial charge in [0.1, 0.15) is 5.69 Å². The second-order valence-electron chi connectivity index (χ2n) is 2.38. The first kappa shape index (κ1) is 9.90. The molecule has 0 saturated carbocycles. The van der Waals surface area contributed by atoms with Gasteiger partial charge < -0.3 is 5.32 Å². The number of hydrogen-bond acceptors (Lipinski definition) is 5. The minimum atomic E-state index is -0.705. The first-order valence-electron chi connectivity index (χ1n) is 3.58. The third kappa shape index (κ3) is 1.76. The van der Waals surface area contributed by atoms with Crippen molar-refractivity contribution < 1.29 is 9.85 Å². The van der Waals surface area contributed by atoms with Gasteiger partial charge in [-0.1, -0.05) is 0 Å². The van der Waals surface area contributed by atoms with E-state index >= 15 is 0 Å². The Bertz CT molecular complexity index is 391. The van der Waals surface area contributed by atoms with Crippen molar-refractivity contribution in [2.45, 2.75) is 0 Å². The van der Waals surface area contributed by atoms with Crippen LogP contribution in [0, 0.1) is 26.3 Å². The molecule has 0 saturated heterocycles. The van der Waals surface area contributed by atoms with Crippen LogP contribution >= 0.6 is 0 Å². The van der Waals surface area contributed by atoms with Crippen molar-refractivity contribution in [1.82, 2.24) is 0 Å². The number of nitro groups is 2. The maximum Gasteiger partial charge on any atom is 0.299 e. The van der Waals surface area contributed by atoms with Gasteiger partial charge in [-0.25, -0.2) is 0 Å². The van der Waals surface area contributed by atoms with Crippen LogP contribution in [0.1, 0.15) is 0 Å². The number of nitro benzene ring substituents is 2. The highest BCUT2D eigenvalue weighted by Crippen LogP contribution is 2.27. The summed E-state index contributed by atoms with van der Waals surface area (Å²) in [5.74, 6) is 0. The topological polar surface area (TPSA) is 98.3 Å². The number of hydrogen-bond donors (Lipinski definition) is 1. The van der Waals surface area contributed by atoms with Crippen molar-refractivity contribution >= 4 is 17.1 Å². The third-order valence-electron chi connectivity index (χ3n) is 1.56. The van der Waals surface area contributed by atoms with E-state index in [9.17, 15) is 20.2 Å². The Morgan fingerprint density at radius 3 is 2.43 bits per heavy atom. The number of anilines is 1. The first-order valence-corrected chi connectivity index (χ1v) is 3.58. The highest BCUT2D eigenvalue weighted by atomic mass is 16.6. The molecule has 14 heavy (non-hydrogen) atoms. The molecule has 0 amide bonds. The summed E-state index contributed by atoms with van der Waals surface area (Å²) in [5, 5.41) is 23.3. The molecule has 0 atom stereocenters. The molecule has 0 unspecified atom stereocenters. The summed E-state index contributed by atoms with van der Waals surface area (Å²) in [6.45, 7) is 0. The van der Waals surface area contributed by atoms with Crippen LogP contribution in [0.5, 0.6) is 0 Å². The molecule has 1 aromatic carbocycles. The highest BCUT2D eigenvalue weighted by Gasteiger charge is 2.18. The quantitative estimate of drug-likeness (QED) is 0.581. The summed E-state index contributed by atoms with van der Waals surface area (Å²) in [6, 6.07) is 4.40. The van der Waals surface area contributed by atoms with Gasteiger partial charge in [-0.15, -0.1) is 0 Å². The lowest BCUT2D eigenvalue weighted by molar-refractivity contribution is -0.393. The van der Waals surface area contributed by atoms with Gasteiger partial charge >= 0.3 is 0 Å². The zero-order valence-electron chi connectivity index (χ0n) is 7.18. The van der Waals surface area contributed by atoms with E-state index in [0.717, 1.165) is 12.1 Å². The fraction of sp³-hybridized carbons (Fsp3) is 0.143. The normalized spacial score (nSPS) is 9.50. The summed E-state index contributed by atoms with van der Waals surface area (Å²) in [4.78, 5) is 19.4. The zero-order valence-corrected chi connectivity index (χ0v) is 7.18. The summed E-state index contributed by atoms with van der Waals surface area (Å²) in [5.41, 5.74) is -0.585. The fourth-order valence-electron chi connectivity index (χ4n) is 0.924. The lowest BCUT2D eigenvalue weighted by atomic mass is 10.2. The maximum absolute atomic E-state index is 10.5. The van der Waals surface area contributed by atoms with Crippen LogP contribution in [0.3, 0.4) is 0 Å². The monoisotopic (exact) mass is 196 g/mol. The lowest BCUT2D eigenvalue weighted by Crippen LogP contribution is -1.98. The minimum Gasteiger partial charge on any atom is -0.382 e. The van der Waals surface area contributed by atoms with Crippen molar-refractivity contribution in [2.75, 3.05) is 12.4 Å². The van der Waals surface area contributed by atoms with Crippen molar-refractivity contribution in [2.24, 2.45) is 0 Å². The van der Waals surface area contributed by atoms with Gasteiger partial charge in [0.05, 0.1) is 15.9 Å². The van der Waals surface area contributed by atoms with Crippen LogP contribution < -0.4 is 5.32 Å². The number of benzene rings is 1. The predicted molar refractivity (Wildman–Crippen MR) is 48.1 cm³/mol. The maximum atomic E-state index is 10.5. The van der Waals surface area contributed by atoms with Gasteiger partial charge in [0.25, 0.3) is 11.4 Å². The van der Waals surface area contributed by atoms with E-state index in [1.165, 1.54) is 7.05 Å². The second-order valence-corrected chi connectivity index (χ2v) is 2.38. The van der Waals surface area contributed by atoms with E-state index in [2.05, 4.69) is 11.4 Å². The lowest BCUT2D eigenvalue weighted by Gasteiger charge is -1.99. The molecule has 7 nitrogen and oxygen atoms in total. The van der Waals surface area contributed by atoms with Gasteiger partial charge in [0.15, 0.2) is 0 Å². The van der Waals surface area contributed by atoms with Crippen molar-refractivity contribution in [3.05, 3.63) is 38.4 Å². The van der Waals surface area contributed by atoms with Crippen molar-refractivity contribution in [1.29, 1.82) is 0 Å². The molecule has 1 rings (SSSR count). The molecule has 0 fully saturated rings. The van der Waals surface area contributed by atoms with Gasteiger partial charge in [-0.05, 0) is 0 Å². The molecule has 1 radical (unpaired) electrons. The molecule has 73 valence electrons. The molecule has 0 aromatic heterocycles. The van der Waals surface area contributed by atoms with E-state index < -0.39 is 9.85 Å². The Kier molecular flexibility index (Phi) is 2.61. The summed E-state index contributed by atoms with van der Waals surface area (Å²) in [6.07, 6.45) is 0. The zero-order chi connectivity index (χ0) is 10.7. The van der Waals surface area contributed by atoms with Crippen LogP contribution in [-0.4, -0.2) is 16.9 Å². The Balaban J connectivity index is 3.27. The molecular formula is C7H6N3O4. The van der Waals surface area contributed by atoms with E-state index in [4.69, 9.17) is 0 Å². The molecule has 0 aliphatic rings. The highest BCUT2D eigenvalue weighted by molar-refractivity contribution is 5.64. The molecule has 1 aromatic rings. The van der Waals surface area contributed by atoms with Crippen LogP contribution in [0.2, 0.25) is 0 Å². The van der Waals surface area contributed by atoms with Gasteiger partial charge in [0.2, 0.25) is 0 Å². The number of rotatable bonds is 3. The Labute approximate surface area is 78.7 Å². The van der Waals surface area contributed by atoms with Crippen LogP contribution in [-0.2, 0) is 0 Å². The van der Waals surface area contributed by atoms with Gasteiger partial charge in [-0.3, -0.25) is 20.2 Å². The fourth-order valence-corrected chi connectivity index (χ4v) is 0.924. The third-order valence-corrected chi connectivity index (χ3v) is 1.56. The summed E-state index contributed by atoms with van der Waals surface area (Å²) < 4.78 is 0. The Hall–Kier alpha value is -2.18. The SMILES string of the molecule is CNc1[c]cc([N+](=O)[O-])cc1[N+](=O)[O-]. The first-order chi connectivity index (χ1) is 6.56. The molecule has 0 aliphatic carbocycles. The molecule has 1 N–H and O–H groups in total. The average Bonchev–Trinajstić information content (AvgIpc) is 2.16. The molecule has 0 heterocycles. The standard InChI is InChI=1S/C7H6N3O4/c1-8-6-3-2-5(9(11)12)4-7(6)10(13)14/h2,4,8H,1H3. The van der Waals surface area contributed by atoms with Gasteiger partial charge in [0, 0.05) is 19.2 Å². The van der Waals surface area contributed by atoms with E-state index in [1.807, 2.05) is 0 Å².